The maximum Gasteiger partial charge on any atom is 0.323 e. The Morgan fingerprint density at radius 2 is 0.680 bits per heavy atom. The van der Waals surface area contributed by atoms with Gasteiger partial charge in [-0.1, -0.05) is 38.9 Å². The van der Waals surface area contributed by atoms with E-state index in [0.29, 0.717) is 16.6 Å². The van der Waals surface area contributed by atoms with Gasteiger partial charge < -0.3 is 26.6 Å². The van der Waals surface area contributed by atoms with E-state index >= 15 is 0 Å². The Morgan fingerprint density at radius 3 is 0.840 bits per heavy atom. The van der Waals surface area contributed by atoms with Crippen LogP contribution in [-0.2, 0) is 26.6 Å². The summed E-state index contributed by atoms with van der Waals surface area (Å²) in [5.41, 5.74) is 1.55. The topological polar surface area (TPSA) is 55.4 Å². The molecule has 0 spiro atoms. The SMILES string of the molecule is CO[SiH](OC)C(C)C[SiH](CC(C)[SiH](OC)OC)CC(C)[SiH](OC)OC. The highest BCUT2D eigenvalue weighted by molar-refractivity contribution is 6.65. The largest absolute Gasteiger partial charge is 0.400 e. The van der Waals surface area contributed by atoms with Gasteiger partial charge in [0.15, 0.2) is 0 Å². The van der Waals surface area contributed by atoms with E-state index in [9.17, 15) is 0 Å². The summed E-state index contributed by atoms with van der Waals surface area (Å²) in [6.45, 7) is 6.84. The summed E-state index contributed by atoms with van der Waals surface area (Å²) in [6.07, 6.45) is 0. The van der Waals surface area contributed by atoms with Gasteiger partial charge in [0.2, 0.25) is 0 Å². The van der Waals surface area contributed by atoms with E-state index in [0.717, 1.165) is 0 Å². The third-order valence-corrected chi connectivity index (χ3v) is 17.2. The molecule has 0 N–H and O–H groups in total. The summed E-state index contributed by atoms with van der Waals surface area (Å²) in [5.74, 6) is 0. The Morgan fingerprint density at radius 1 is 0.480 bits per heavy atom. The zero-order chi connectivity index (χ0) is 19.4. The normalized spacial score (nSPS) is 17.3. The minimum atomic E-state index is -1.58. The molecule has 0 amide bonds. The number of hydrogen-bond donors (Lipinski definition) is 0. The molecule has 0 saturated carbocycles. The van der Waals surface area contributed by atoms with Gasteiger partial charge in [-0.3, -0.25) is 0 Å². The zero-order valence-electron chi connectivity index (χ0n) is 17.6. The first kappa shape index (κ1) is 25.6. The lowest BCUT2D eigenvalue weighted by Gasteiger charge is -2.30. The van der Waals surface area contributed by atoms with E-state index in [1.54, 1.807) is 42.7 Å². The monoisotopic (exact) mass is 428 g/mol. The van der Waals surface area contributed by atoms with Crippen LogP contribution in [0.15, 0.2) is 0 Å². The third-order valence-electron chi connectivity index (χ3n) is 4.90. The molecule has 3 unspecified atom stereocenters. The van der Waals surface area contributed by atoms with Crippen molar-refractivity contribution >= 4 is 36.6 Å². The van der Waals surface area contributed by atoms with Crippen LogP contribution in [0.5, 0.6) is 0 Å². The van der Waals surface area contributed by atoms with Gasteiger partial charge in [-0.15, -0.1) is 0 Å². The lowest BCUT2D eigenvalue weighted by atomic mass is 10.5. The van der Waals surface area contributed by atoms with Gasteiger partial charge in [-0.05, 0) is 16.6 Å². The first-order valence-corrected chi connectivity index (χ1v) is 16.3. The predicted octanol–water partition coefficient (Wildman–Crippen LogP) is 1.92. The van der Waals surface area contributed by atoms with Gasteiger partial charge in [0.05, 0.1) is 0 Å². The number of hydrogen-bond acceptors (Lipinski definition) is 6. The van der Waals surface area contributed by atoms with Crippen molar-refractivity contribution in [3.63, 3.8) is 0 Å². The molecule has 0 aromatic carbocycles. The zero-order valence-corrected chi connectivity index (χ0v) is 22.2. The van der Waals surface area contributed by atoms with E-state index in [-0.39, 0.29) is 0 Å². The third kappa shape index (κ3) is 9.40. The van der Waals surface area contributed by atoms with Crippen molar-refractivity contribution in [1.29, 1.82) is 0 Å². The minimum Gasteiger partial charge on any atom is -0.400 e. The molecule has 0 saturated heterocycles. The van der Waals surface area contributed by atoms with Crippen LogP contribution in [0.3, 0.4) is 0 Å². The molecule has 0 aliphatic heterocycles. The molecule has 0 aliphatic rings. The van der Waals surface area contributed by atoms with Crippen molar-refractivity contribution < 1.29 is 26.6 Å². The summed E-state index contributed by atoms with van der Waals surface area (Å²) in [5, 5.41) is 0. The molecule has 25 heavy (non-hydrogen) atoms. The van der Waals surface area contributed by atoms with Crippen molar-refractivity contribution in [2.45, 2.75) is 55.5 Å². The second-order valence-corrected chi connectivity index (χ2v) is 18.6. The van der Waals surface area contributed by atoms with Crippen molar-refractivity contribution in [3.05, 3.63) is 0 Å². The average molecular weight is 429 g/mol. The molecule has 0 bridgehead atoms. The summed E-state index contributed by atoms with van der Waals surface area (Å²) < 4.78 is 33.7. The molecule has 0 fully saturated rings. The van der Waals surface area contributed by atoms with Crippen molar-refractivity contribution in [2.75, 3.05) is 42.7 Å². The predicted molar refractivity (Wildman–Crippen MR) is 113 cm³/mol. The highest BCUT2D eigenvalue weighted by Crippen LogP contribution is 2.32. The highest BCUT2D eigenvalue weighted by atomic mass is 28.3. The quantitative estimate of drug-likeness (QED) is 0.371. The summed E-state index contributed by atoms with van der Waals surface area (Å²) >= 11 is 0. The Labute approximate surface area is 161 Å². The molecule has 152 valence electrons. The van der Waals surface area contributed by atoms with Crippen molar-refractivity contribution in [2.24, 2.45) is 0 Å². The van der Waals surface area contributed by atoms with E-state index < -0.39 is 36.6 Å². The van der Waals surface area contributed by atoms with Crippen LogP contribution in [-0.4, -0.2) is 79.3 Å². The first-order valence-electron chi connectivity index (χ1n) is 9.05. The lowest BCUT2D eigenvalue weighted by Crippen LogP contribution is -2.34. The van der Waals surface area contributed by atoms with Gasteiger partial charge in [-0.2, -0.15) is 0 Å². The fourth-order valence-corrected chi connectivity index (χ4v) is 17.1. The molecule has 6 nitrogen and oxygen atoms in total. The smallest absolute Gasteiger partial charge is 0.323 e. The fourth-order valence-electron chi connectivity index (χ4n) is 3.88. The van der Waals surface area contributed by atoms with E-state index in [1.165, 1.54) is 18.1 Å². The second-order valence-electron chi connectivity index (χ2n) is 7.02. The molecular formula is C15H40O6Si4. The van der Waals surface area contributed by atoms with Gasteiger partial charge in [0, 0.05) is 51.5 Å². The van der Waals surface area contributed by atoms with Gasteiger partial charge >= 0.3 is 27.9 Å². The molecule has 0 aliphatic carbocycles. The van der Waals surface area contributed by atoms with E-state index in [2.05, 4.69) is 20.8 Å². The maximum atomic E-state index is 5.61. The molecular weight excluding hydrogens is 389 g/mol. The molecule has 0 aromatic rings. The van der Waals surface area contributed by atoms with Crippen molar-refractivity contribution in [1.82, 2.24) is 0 Å². The molecule has 0 aromatic heterocycles. The molecule has 0 heterocycles. The Balaban J connectivity index is 5.02. The Bertz CT molecular complexity index is 269. The standard InChI is InChI=1S/C15H40O6Si4/c1-13(23(16-4)17-5)10-22(11-14(2)24(18-6)19-7)12-15(3)25(20-8)21-9/h13-15,22-25H,10-12H2,1-9H3. The minimum absolute atomic E-state index is 0.515. The van der Waals surface area contributed by atoms with Crippen LogP contribution >= 0.6 is 0 Å². The van der Waals surface area contributed by atoms with Gasteiger partial charge in [0.25, 0.3) is 0 Å². The summed E-state index contributed by atoms with van der Waals surface area (Å²) in [7, 11) is 4.87. The molecule has 3 atom stereocenters. The first-order chi connectivity index (χ1) is 11.9. The fraction of sp³-hybridized carbons (Fsp3) is 1.00. The summed E-state index contributed by atoms with van der Waals surface area (Å²) in [6, 6.07) is 3.70. The number of rotatable bonds is 15. The van der Waals surface area contributed by atoms with Crippen LogP contribution < -0.4 is 0 Å². The van der Waals surface area contributed by atoms with Crippen molar-refractivity contribution in [3.8, 4) is 0 Å². The van der Waals surface area contributed by atoms with Crippen LogP contribution in [0.2, 0.25) is 34.8 Å². The van der Waals surface area contributed by atoms with E-state index in [1.807, 2.05) is 0 Å². The van der Waals surface area contributed by atoms with Crippen LogP contribution in [0.25, 0.3) is 0 Å². The Hall–Kier alpha value is 0.628. The maximum absolute atomic E-state index is 5.61. The Kier molecular flexibility index (Phi) is 15.0. The molecule has 0 rings (SSSR count). The lowest BCUT2D eigenvalue weighted by molar-refractivity contribution is 0.267. The van der Waals surface area contributed by atoms with Crippen LogP contribution in [0, 0.1) is 0 Å². The van der Waals surface area contributed by atoms with E-state index in [4.69, 9.17) is 26.6 Å². The van der Waals surface area contributed by atoms with Crippen LogP contribution in [0.1, 0.15) is 20.8 Å². The molecule has 10 heteroatoms. The van der Waals surface area contributed by atoms with Gasteiger partial charge in [0.1, 0.15) is 0 Å². The van der Waals surface area contributed by atoms with Crippen LogP contribution in [0.4, 0.5) is 0 Å². The summed E-state index contributed by atoms with van der Waals surface area (Å²) in [4.78, 5) is 0. The average Bonchev–Trinajstić information content (AvgIpc) is 2.57. The highest BCUT2D eigenvalue weighted by Gasteiger charge is 2.32. The second kappa shape index (κ2) is 14.7. The van der Waals surface area contributed by atoms with Gasteiger partial charge in [-0.25, -0.2) is 0 Å². The molecule has 0 radical (unpaired) electrons.